The second-order valence-electron chi connectivity index (χ2n) is 8.01. The third-order valence-electron chi connectivity index (χ3n) is 5.75. The van der Waals surface area contributed by atoms with Crippen molar-refractivity contribution in [3.05, 3.63) is 84.2 Å². The monoisotopic (exact) mass is 441 g/mol. The number of Topliss-reactive ketones (excluding diaryl/α,β-unsaturated/α-hetero) is 1. The number of carbonyl (C=O) groups is 2. The van der Waals surface area contributed by atoms with E-state index in [1.165, 1.54) is 0 Å². The summed E-state index contributed by atoms with van der Waals surface area (Å²) in [7, 11) is 0. The van der Waals surface area contributed by atoms with Gasteiger partial charge in [-0.2, -0.15) is 0 Å². The van der Waals surface area contributed by atoms with Gasteiger partial charge in [-0.15, -0.1) is 0 Å². The van der Waals surface area contributed by atoms with Crippen molar-refractivity contribution in [2.24, 2.45) is 0 Å². The summed E-state index contributed by atoms with van der Waals surface area (Å²) in [6.45, 7) is 3.97. The van der Waals surface area contributed by atoms with Gasteiger partial charge >= 0.3 is 5.97 Å². The Kier molecular flexibility index (Phi) is 6.71. The van der Waals surface area contributed by atoms with E-state index in [1.54, 1.807) is 13.0 Å². The van der Waals surface area contributed by atoms with Gasteiger partial charge in [-0.3, -0.25) is 9.59 Å². The lowest BCUT2D eigenvalue weighted by Crippen LogP contribution is -2.16. The summed E-state index contributed by atoms with van der Waals surface area (Å²) in [5, 5.41) is 12.8. The number of pyridine rings is 1. The maximum absolute atomic E-state index is 12.1. The molecule has 1 atom stereocenters. The predicted octanol–water partition coefficient (Wildman–Crippen LogP) is 5.35. The second-order valence-corrected chi connectivity index (χ2v) is 8.01. The molecule has 0 spiro atoms. The van der Waals surface area contributed by atoms with Gasteiger partial charge in [0.2, 0.25) is 0 Å². The van der Waals surface area contributed by atoms with Crippen molar-refractivity contribution < 1.29 is 19.4 Å². The number of fused-ring (bicyclic) bond motifs is 3. The molecule has 2 heterocycles. The number of ether oxygens (including phenoxy) is 1. The molecule has 5 heteroatoms. The molecule has 4 rings (SSSR count). The zero-order valence-corrected chi connectivity index (χ0v) is 18.8. The van der Waals surface area contributed by atoms with Crippen LogP contribution in [0.2, 0.25) is 0 Å². The van der Waals surface area contributed by atoms with E-state index in [-0.39, 0.29) is 25.2 Å². The molecule has 4 aromatic rings. The highest BCUT2D eigenvalue weighted by Crippen LogP contribution is 2.37. The van der Waals surface area contributed by atoms with E-state index in [0.29, 0.717) is 0 Å². The summed E-state index contributed by atoms with van der Waals surface area (Å²) >= 11 is 0. The Labute approximate surface area is 192 Å². The molecule has 0 aliphatic carbocycles. The maximum Gasteiger partial charge on any atom is 0.313 e. The summed E-state index contributed by atoms with van der Waals surface area (Å²) in [6.07, 6.45) is 4.12. The van der Waals surface area contributed by atoms with Crippen molar-refractivity contribution in [2.45, 2.75) is 32.8 Å². The van der Waals surface area contributed by atoms with E-state index in [0.717, 1.165) is 38.7 Å². The van der Waals surface area contributed by atoms with E-state index in [9.17, 15) is 14.7 Å². The highest BCUT2D eigenvalue weighted by Gasteiger charge is 2.18. The molecule has 0 saturated heterocycles. The van der Waals surface area contributed by atoms with Gasteiger partial charge in [0.05, 0.1) is 18.2 Å². The summed E-state index contributed by atoms with van der Waals surface area (Å²) < 4.78 is 6.98. The normalized spacial score (nSPS) is 12.5. The number of aryl methyl sites for hydroxylation is 1. The number of ketones is 1. The first-order valence-corrected chi connectivity index (χ1v) is 11.1. The number of esters is 1. The van der Waals surface area contributed by atoms with Crippen LogP contribution in [0.25, 0.3) is 33.5 Å². The van der Waals surface area contributed by atoms with Crippen LogP contribution in [-0.4, -0.2) is 34.0 Å². The lowest BCUT2D eigenvalue weighted by atomic mass is 9.98. The molecule has 0 aliphatic rings. The van der Waals surface area contributed by atoms with Crippen molar-refractivity contribution in [3.8, 4) is 11.1 Å². The Morgan fingerprint density at radius 1 is 1.06 bits per heavy atom. The zero-order valence-electron chi connectivity index (χ0n) is 18.8. The van der Waals surface area contributed by atoms with Crippen molar-refractivity contribution in [1.82, 2.24) is 4.40 Å². The number of rotatable bonds is 8. The molecule has 1 N–H and O–H groups in total. The molecule has 0 radical (unpaired) electrons. The minimum Gasteiger partial charge on any atom is -0.466 e. The van der Waals surface area contributed by atoms with Crippen molar-refractivity contribution >= 4 is 34.1 Å². The van der Waals surface area contributed by atoms with Gasteiger partial charge in [-0.25, -0.2) is 0 Å². The van der Waals surface area contributed by atoms with E-state index in [2.05, 4.69) is 40.9 Å². The Bertz CT molecular complexity index is 1330. The standard InChI is InChI=1S/C28H27NO4/c1-3-33-26(32)18-23(31)17-22(30)13-14-24-19(2)29-16-15-20-9-7-8-12-25(20)28(29)27(24)21-10-5-4-6-11-21/h4-16,22,30H,3,17-18H2,1-2H3. The van der Waals surface area contributed by atoms with E-state index in [1.807, 2.05) is 43.3 Å². The first-order chi connectivity index (χ1) is 16.0. The van der Waals surface area contributed by atoms with Crippen LogP contribution in [0.1, 0.15) is 31.0 Å². The highest BCUT2D eigenvalue weighted by molar-refractivity contribution is 6.06. The number of aliphatic hydroxyl groups excluding tert-OH is 1. The van der Waals surface area contributed by atoms with Crippen LogP contribution in [0.3, 0.4) is 0 Å². The smallest absolute Gasteiger partial charge is 0.313 e. The van der Waals surface area contributed by atoms with Gasteiger partial charge < -0.3 is 14.2 Å². The van der Waals surface area contributed by atoms with Crippen molar-refractivity contribution in [3.63, 3.8) is 0 Å². The zero-order chi connectivity index (χ0) is 23.4. The molecule has 1 unspecified atom stereocenters. The fraction of sp³-hybridized carbons (Fsp3) is 0.214. The van der Waals surface area contributed by atoms with Gasteiger partial charge in [0, 0.05) is 34.8 Å². The molecular weight excluding hydrogens is 414 g/mol. The van der Waals surface area contributed by atoms with Crippen LogP contribution >= 0.6 is 0 Å². The number of benzene rings is 2. The average Bonchev–Trinajstić information content (AvgIpc) is 3.10. The topological polar surface area (TPSA) is 68.0 Å². The highest BCUT2D eigenvalue weighted by atomic mass is 16.5. The fourth-order valence-corrected chi connectivity index (χ4v) is 4.24. The minimum atomic E-state index is -0.991. The molecule has 0 aliphatic heterocycles. The first-order valence-electron chi connectivity index (χ1n) is 11.1. The quantitative estimate of drug-likeness (QED) is 0.295. The van der Waals surface area contributed by atoms with Crippen LogP contribution in [0.4, 0.5) is 0 Å². The number of hydrogen-bond donors (Lipinski definition) is 1. The van der Waals surface area contributed by atoms with Crippen LogP contribution in [-0.2, 0) is 14.3 Å². The lowest BCUT2D eigenvalue weighted by Gasteiger charge is -2.07. The molecular formula is C28H27NO4. The Balaban J connectivity index is 1.75. The lowest BCUT2D eigenvalue weighted by molar-refractivity contribution is -0.145. The van der Waals surface area contributed by atoms with E-state index < -0.39 is 12.1 Å². The number of carbonyl (C=O) groups excluding carboxylic acids is 2. The Morgan fingerprint density at radius 2 is 1.79 bits per heavy atom. The molecule has 0 bridgehead atoms. The third-order valence-corrected chi connectivity index (χ3v) is 5.75. The number of hydrogen-bond acceptors (Lipinski definition) is 4. The number of aliphatic hydroxyl groups is 1. The first kappa shape index (κ1) is 22.5. The molecule has 33 heavy (non-hydrogen) atoms. The Morgan fingerprint density at radius 3 is 2.55 bits per heavy atom. The second kappa shape index (κ2) is 9.84. The van der Waals surface area contributed by atoms with Gasteiger partial charge in [0.1, 0.15) is 12.2 Å². The SMILES string of the molecule is CCOC(=O)CC(=O)CC(O)C=Cc1c(-c2ccccc2)c2c3ccccc3ccn2c1C. The number of aromatic nitrogens is 1. The van der Waals surface area contributed by atoms with Crippen LogP contribution in [0.15, 0.2) is 72.9 Å². The minimum absolute atomic E-state index is 0.134. The molecule has 0 amide bonds. The van der Waals surface area contributed by atoms with Crippen LogP contribution in [0.5, 0.6) is 0 Å². The van der Waals surface area contributed by atoms with Gasteiger partial charge in [-0.1, -0.05) is 66.7 Å². The van der Waals surface area contributed by atoms with Gasteiger partial charge in [-0.05, 0) is 30.9 Å². The van der Waals surface area contributed by atoms with Crippen molar-refractivity contribution in [1.29, 1.82) is 0 Å². The van der Waals surface area contributed by atoms with Gasteiger partial charge in [0.25, 0.3) is 0 Å². The van der Waals surface area contributed by atoms with Gasteiger partial charge in [0.15, 0.2) is 0 Å². The summed E-state index contributed by atoms with van der Waals surface area (Å²) in [4.78, 5) is 23.6. The summed E-state index contributed by atoms with van der Waals surface area (Å²) in [5.74, 6) is -0.912. The number of nitrogens with zero attached hydrogens (tertiary/aromatic N) is 1. The Hall–Kier alpha value is -3.70. The summed E-state index contributed by atoms with van der Waals surface area (Å²) in [6, 6.07) is 20.5. The van der Waals surface area contributed by atoms with Crippen LogP contribution < -0.4 is 0 Å². The van der Waals surface area contributed by atoms with Crippen molar-refractivity contribution in [2.75, 3.05) is 6.61 Å². The molecule has 5 nitrogen and oxygen atoms in total. The van der Waals surface area contributed by atoms with Crippen LogP contribution in [0, 0.1) is 6.92 Å². The average molecular weight is 442 g/mol. The third kappa shape index (κ3) is 4.73. The van der Waals surface area contributed by atoms with E-state index >= 15 is 0 Å². The summed E-state index contributed by atoms with van der Waals surface area (Å²) in [5.41, 5.74) is 5.27. The molecule has 2 aromatic carbocycles. The maximum atomic E-state index is 12.1. The molecule has 0 fully saturated rings. The fourth-order valence-electron chi connectivity index (χ4n) is 4.24. The molecule has 168 valence electrons. The molecule has 0 saturated carbocycles. The van der Waals surface area contributed by atoms with E-state index in [4.69, 9.17) is 4.74 Å². The predicted molar refractivity (Wildman–Crippen MR) is 131 cm³/mol. The molecule has 2 aromatic heterocycles. The largest absolute Gasteiger partial charge is 0.466 e.